The molecule has 0 spiro atoms. The number of pyridine rings is 1. The summed E-state index contributed by atoms with van der Waals surface area (Å²) in [4.78, 5) is 5.90. The van der Waals surface area contributed by atoms with E-state index in [1.54, 1.807) is 0 Å². The van der Waals surface area contributed by atoms with Crippen molar-refractivity contribution in [2.24, 2.45) is 0 Å². The molecule has 1 saturated heterocycles. The highest BCUT2D eigenvalue weighted by Gasteiger charge is 2.33. The van der Waals surface area contributed by atoms with Crippen LogP contribution >= 0.6 is 0 Å². The number of anilines is 2. The van der Waals surface area contributed by atoms with Crippen LogP contribution in [0.5, 0.6) is 0 Å². The molecule has 2 rings (SSSR count). The van der Waals surface area contributed by atoms with Crippen LogP contribution < -0.4 is 10.2 Å². The first-order valence-corrected chi connectivity index (χ1v) is 6.85. The molecule has 1 atom stereocenters. The lowest BCUT2D eigenvalue weighted by atomic mass is 10.1. The fourth-order valence-corrected chi connectivity index (χ4v) is 2.59. The predicted octanol–water partition coefficient (Wildman–Crippen LogP) is 2.80. The number of nitrogens with zero attached hydrogens (tertiary/aromatic N) is 2. The highest BCUT2D eigenvalue weighted by Crippen LogP contribution is 2.28. The molecule has 1 aromatic heterocycles. The zero-order valence-corrected chi connectivity index (χ0v) is 12.3. The van der Waals surface area contributed by atoms with Crippen molar-refractivity contribution < 1.29 is 13.5 Å². The fourth-order valence-electron chi connectivity index (χ4n) is 2.59. The summed E-state index contributed by atoms with van der Waals surface area (Å²) in [6, 6.07) is 0.882. The van der Waals surface area contributed by atoms with Crippen LogP contribution in [0.3, 0.4) is 0 Å². The van der Waals surface area contributed by atoms with Gasteiger partial charge in [-0.1, -0.05) is 0 Å². The second-order valence-corrected chi connectivity index (χ2v) is 5.72. The molecule has 112 valence electrons. The SMILES string of the molecule is CCNc1nc(N2CC(C)OC(C)(C)C2)c(F)cc1F. The van der Waals surface area contributed by atoms with Gasteiger partial charge in [-0.05, 0) is 27.7 Å². The van der Waals surface area contributed by atoms with Crippen LogP contribution in [0.2, 0.25) is 0 Å². The van der Waals surface area contributed by atoms with E-state index in [0.717, 1.165) is 6.07 Å². The minimum absolute atomic E-state index is 0.0346. The summed E-state index contributed by atoms with van der Waals surface area (Å²) < 4.78 is 33.4. The van der Waals surface area contributed by atoms with Crippen molar-refractivity contribution in [3.05, 3.63) is 17.7 Å². The second kappa shape index (κ2) is 5.52. The van der Waals surface area contributed by atoms with Gasteiger partial charge in [-0.2, -0.15) is 0 Å². The van der Waals surface area contributed by atoms with E-state index in [9.17, 15) is 8.78 Å². The minimum atomic E-state index is -0.673. The third-order valence-corrected chi connectivity index (χ3v) is 3.12. The van der Waals surface area contributed by atoms with Gasteiger partial charge < -0.3 is 15.0 Å². The fraction of sp³-hybridized carbons (Fsp3) is 0.643. The van der Waals surface area contributed by atoms with E-state index in [-0.39, 0.29) is 17.7 Å². The first-order chi connectivity index (χ1) is 9.32. The Labute approximate surface area is 118 Å². The highest BCUT2D eigenvalue weighted by molar-refractivity contribution is 5.50. The van der Waals surface area contributed by atoms with E-state index >= 15 is 0 Å². The van der Waals surface area contributed by atoms with Crippen molar-refractivity contribution in [2.45, 2.75) is 39.4 Å². The number of morpholine rings is 1. The van der Waals surface area contributed by atoms with Gasteiger partial charge in [-0.15, -0.1) is 0 Å². The van der Waals surface area contributed by atoms with E-state index in [1.165, 1.54) is 0 Å². The van der Waals surface area contributed by atoms with Crippen LogP contribution in [0.4, 0.5) is 20.4 Å². The van der Waals surface area contributed by atoms with Gasteiger partial charge in [0.15, 0.2) is 23.3 Å². The van der Waals surface area contributed by atoms with Crippen molar-refractivity contribution in [1.29, 1.82) is 0 Å². The molecule has 2 heterocycles. The molecule has 20 heavy (non-hydrogen) atoms. The molecule has 0 amide bonds. The third kappa shape index (κ3) is 3.17. The Kier molecular flexibility index (Phi) is 4.13. The van der Waals surface area contributed by atoms with Crippen molar-refractivity contribution in [2.75, 3.05) is 29.9 Å². The molecule has 0 radical (unpaired) electrons. The van der Waals surface area contributed by atoms with Crippen LogP contribution in [0, 0.1) is 11.6 Å². The zero-order chi connectivity index (χ0) is 14.9. The Bertz CT molecular complexity index is 494. The third-order valence-electron chi connectivity index (χ3n) is 3.12. The normalized spacial score (nSPS) is 21.9. The van der Waals surface area contributed by atoms with Crippen molar-refractivity contribution >= 4 is 11.6 Å². The summed E-state index contributed by atoms with van der Waals surface area (Å²) in [5, 5.41) is 2.80. The Morgan fingerprint density at radius 3 is 2.75 bits per heavy atom. The number of hydrogen-bond donors (Lipinski definition) is 1. The van der Waals surface area contributed by atoms with Gasteiger partial charge in [0.1, 0.15) is 0 Å². The maximum absolute atomic E-state index is 14.0. The van der Waals surface area contributed by atoms with Crippen LogP contribution in [0.1, 0.15) is 27.7 Å². The topological polar surface area (TPSA) is 37.4 Å². The average Bonchev–Trinajstić information content (AvgIpc) is 2.30. The van der Waals surface area contributed by atoms with Crippen molar-refractivity contribution in [3.63, 3.8) is 0 Å². The van der Waals surface area contributed by atoms with Gasteiger partial charge in [-0.25, -0.2) is 13.8 Å². The average molecular weight is 285 g/mol. The van der Waals surface area contributed by atoms with Crippen molar-refractivity contribution in [3.8, 4) is 0 Å². The molecule has 1 N–H and O–H groups in total. The minimum Gasteiger partial charge on any atom is -0.369 e. The second-order valence-electron chi connectivity index (χ2n) is 5.72. The summed E-state index contributed by atoms with van der Waals surface area (Å²) in [5.41, 5.74) is -0.390. The summed E-state index contributed by atoms with van der Waals surface area (Å²) in [7, 11) is 0. The number of halogens is 2. The summed E-state index contributed by atoms with van der Waals surface area (Å²) in [5.74, 6) is -1.06. The Morgan fingerprint density at radius 1 is 1.45 bits per heavy atom. The molecule has 4 nitrogen and oxygen atoms in total. The summed E-state index contributed by atoms with van der Waals surface area (Å²) >= 11 is 0. The Balaban J connectivity index is 2.33. The maximum atomic E-state index is 14.0. The first-order valence-electron chi connectivity index (χ1n) is 6.85. The largest absolute Gasteiger partial charge is 0.369 e. The quantitative estimate of drug-likeness (QED) is 0.926. The molecule has 1 aliphatic heterocycles. The number of ether oxygens (including phenoxy) is 1. The molecular weight excluding hydrogens is 264 g/mol. The van der Waals surface area contributed by atoms with Gasteiger partial charge in [0.2, 0.25) is 0 Å². The number of rotatable bonds is 3. The zero-order valence-electron chi connectivity index (χ0n) is 12.3. The van der Waals surface area contributed by atoms with E-state index in [2.05, 4.69) is 10.3 Å². The molecule has 0 saturated carbocycles. The Morgan fingerprint density at radius 2 is 2.15 bits per heavy atom. The lowest BCUT2D eigenvalue weighted by Crippen LogP contribution is -2.52. The molecule has 1 unspecified atom stereocenters. The molecular formula is C14H21F2N3O. The Hall–Kier alpha value is -1.43. The first kappa shape index (κ1) is 15.0. The van der Waals surface area contributed by atoms with E-state index in [4.69, 9.17) is 4.74 Å². The molecule has 1 aromatic rings. The van der Waals surface area contributed by atoms with Crippen LogP contribution in [-0.4, -0.2) is 36.3 Å². The lowest BCUT2D eigenvalue weighted by Gasteiger charge is -2.42. The van der Waals surface area contributed by atoms with Gasteiger partial charge in [0.05, 0.1) is 11.7 Å². The maximum Gasteiger partial charge on any atom is 0.168 e. The van der Waals surface area contributed by atoms with Crippen LogP contribution in [0.15, 0.2) is 6.07 Å². The molecule has 0 aromatic carbocycles. The van der Waals surface area contributed by atoms with Gasteiger partial charge >= 0.3 is 0 Å². The van der Waals surface area contributed by atoms with Crippen molar-refractivity contribution in [1.82, 2.24) is 4.98 Å². The number of nitrogens with one attached hydrogen (secondary N) is 1. The van der Waals surface area contributed by atoms with E-state index in [0.29, 0.717) is 19.6 Å². The summed E-state index contributed by atoms with van der Waals surface area (Å²) in [6.07, 6.45) is -0.0346. The molecule has 0 bridgehead atoms. The smallest absolute Gasteiger partial charge is 0.168 e. The standard InChI is InChI=1S/C14H21F2N3O/c1-5-17-12-10(15)6-11(16)13(18-12)19-7-9(2)20-14(3,4)8-19/h6,9H,5,7-8H2,1-4H3,(H,17,18). The molecule has 1 aliphatic rings. The van der Waals surface area contributed by atoms with Crippen LogP contribution in [0.25, 0.3) is 0 Å². The van der Waals surface area contributed by atoms with Gasteiger partial charge in [0.25, 0.3) is 0 Å². The lowest BCUT2D eigenvalue weighted by molar-refractivity contribution is -0.0753. The monoisotopic (exact) mass is 285 g/mol. The molecule has 1 fully saturated rings. The number of hydrogen-bond acceptors (Lipinski definition) is 4. The predicted molar refractivity (Wildman–Crippen MR) is 75.2 cm³/mol. The highest BCUT2D eigenvalue weighted by atomic mass is 19.1. The van der Waals surface area contributed by atoms with E-state index < -0.39 is 17.2 Å². The molecule has 0 aliphatic carbocycles. The van der Waals surface area contributed by atoms with Gasteiger partial charge in [-0.3, -0.25) is 0 Å². The number of aromatic nitrogens is 1. The summed E-state index contributed by atoms with van der Waals surface area (Å²) in [6.45, 7) is 9.23. The van der Waals surface area contributed by atoms with Crippen LogP contribution in [-0.2, 0) is 4.74 Å². The van der Waals surface area contributed by atoms with Gasteiger partial charge in [0, 0.05) is 25.7 Å². The van der Waals surface area contributed by atoms with E-state index in [1.807, 2.05) is 32.6 Å². The molecule has 6 heteroatoms.